The van der Waals surface area contributed by atoms with E-state index in [1.807, 2.05) is 29.2 Å². The number of rotatable bonds is 4. The first-order chi connectivity index (χ1) is 15.6. The second-order valence-electron chi connectivity index (χ2n) is 8.65. The number of fused-ring (bicyclic) bond motifs is 4. The highest BCUT2D eigenvalue weighted by atomic mass is 32.1. The molecule has 2 unspecified atom stereocenters. The van der Waals surface area contributed by atoms with E-state index < -0.39 is 0 Å². The van der Waals surface area contributed by atoms with Crippen molar-refractivity contribution in [2.24, 2.45) is 0 Å². The second kappa shape index (κ2) is 7.86. The van der Waals surface area contributed by atoms with Gasteiger partial charge in [-0.3, -0.25) is 14.7 Å². The number of nitrogens with zero attached hydrogens (tertiary/aromatic N) is 4. The summed E-state index contributed by atoms with van der Waals surface area (Å²) in [7, 11) is 0. The molecule has 4 aromatic rings. The number of thiazole rings is 1. The number of carbonyl (C=O) groups excluding carboxylic acids is 1. The summed E-state index contributed by atoms with van der Waals surface area (Å²) < 4.78 is 13.3. The molecule has 2 aliphatic rings. The van der Waals surface area contributed by atoms with Crippen LogP contribution in [0.15, 0.2) is 47.1 Å². The van der Waals surface area contributed by atoms with Crippen molar-refractivity contribution in [1.29, 1.82) is 0 Å². The predicted molar refractivity (Wildman–Crippen MR) is 123 cm³/mol. The normalized spacial score (nSPS) is 21.3. The third-order valence-corrected chi connectivity index (χ3v) is 7.55. The minimum absolute atomic E-state index is 0.179. The SMILES string of the molecule is CC(=O)N1CCC2CCC(C1)N2Cc1cc2ccc(Oc3nc4cnccc4s3)cc2o1. The molecule has 8 heteroatoms. The molecule has 2 saturated heterocycles. The summed E-state index contributed by atoms with van der Waals surface area (Å²) in [5, 5.41) is 1.66. The number of pyridine rings is 1. The van der Waals surface area contributed by atoms with E-state index in [9.17, 15) is 4.79 Å². The molecule has 1 aromatic carbocycles. The molecule has 0 radical (unpaired) electrons. The first kappa shape index (κ1) is 19.7. The number of hydrogen-bond donors (Lipinski definition) is 0. The van der Waals surface area contributed by atoms with Crippen molar-refractivity contribution in [1.82, 2.24) is 19.8 Å². The Morgan fingerprint density at radius 3 is 3.00 bits per heavy atom. The van der Waals surface area contributed by atoms with E-state index in [0.29, 0.717) is 23.0 Å². The highest BCUT2D eigenvalue weighted by Gasteiger charge is 2.38. The average molecular weight is 449 g/mol. The fraction of sp³-hybridized carbons (Fsp3) is 0.375. The quantitative estimate of drug-likeness (QED) is 0.446. The average Bonchev–Trinajstić information content (AvgIpc) is 3.42. The summed E-state index contributed by atoms with van der Waals surface area (Å²) in [6.07, 6.45) is 6.88. The topological polar surface area (TPSA) is 71.7 Å². The molecule has 2 fully saturated rings. The molecule has 164 valence electrons. The van der Waals surface area contributed by atoms with Gasteiger partial charge in [0.1, 0.15) is 22.6 Å². The van der Waals surface area contributed by atoms with E-state index in [-0.39, 0.29) is 5.91 Å². The van der Waals surface area contributed by atoms with E-state index in [2.05, 4.69) is 20.9 Å². The Hall–Kier alpha value is -2.97. The molecule has 3 aromatic heterocycles. The molecule has 2 aliphatic heterocycles. The maximum Gasteiger partial charge on any atom is 0.279 e. The summed E-state index contributed by atoms with van der Waals surface area (Å²) in [5.74, 6) is 1.84. The number of amides is 1. The molecular weight excluding hydrogens is 424 g/mol. The largest absolute Gasteiger partial charge is 0.460 e. The van der Waals surface area contributed by atoms with Gasteiger partial charge in [0.15, 0.2) is 0 Å². The van der Waals surface area contributed by atoms with Crippen molar-refractivity contribution in [3.63, 3.8) is 0 Å². The van der Waals surface area contributed by atoms with Gasteiger partial charge in [-0.25, -0.2) is 4.98 Å². The molecular formula is C24H24N4O3S. The molecule has 32 heavy (non-hydrogen) atoms. The highest BCUT2D eigenvalue weighted by Crippen LogP contribution is 2.35. The molecule has 0 aliphatic carbocycles. The number of carbonyl (C=O) groups is 1. The fourth-order valence-corrected chi connectivity index (χ4v) is 5.81. The molecule has 7 nitrogen and oxygen atoms in total. The lowest BCUT2D eigenvalue weighted by molar-refractivity contribution is -0.129. The van der Waals surface area contributed by atoms with Crippen LogP contribution >= 0.6 is 11.3 Å². The van der Waals surface area contributed by atoms with Crippen LogP contribution in [0.2, 0.25) is 0 Å². The molecule has 0 saturated carbocycles. The van der Waals surface area contributed by atoms with Gasteiger partial charge in [-0.15, -0.1) is 0 Å². The molecule has 2 bridgehead atoms. The van der Waals surface area contributed by atoms with Gasteiger partial charge in [-0.05, 0) is 43.5 Å². The van der Waals surface area contributed by atoms with Crippen LogP contribution in [0.25, 0.3) is 21.2 Å². The monoisotopic (exact) mass is 448 g/mol. The Labute approximate surface area is 189 Å². The summed E-state index contributed by atoms with van der Waals surface area (Å²) in [6, 6.07) is 10.9. The Morgan fingerprint density at radius 1 is 1.22 bits per heavy atom. The van der Waals surface area contributed by atoms with Gasteiger partial charge in [0.05, 0.1) is 17.4 Å². The Balaban J connectivity index is 1.21. The second-order valence-corrected chi connectivity index (χ2v) is 9.64. The smallest absolute Gasteiger partial charge is 0.279 e. The first-order valence-electron chi connectivity index (χ1n) is 11.0. The highest BCUT2D eigenvalue weighted by molar-refractivity contribution is 7.20. The summed E-state index contributed by atoms with van der Waals surface area (Å²) in [5.41, 5.74) is 1.65. The zero-order chi connectivity index (χ0) is 21.7. The molecule has 0 spiro atoms. The number of benzene rings is 1. The predicted octanol–water partition coefficient (Wildman–Crippen LogP) is 4.82. The molecule has 1 amide bonds. The van der Waals surface area contributed by atoms with Crippen molar-refractivity contribution >= 4 is 38.4 Å². The van der Waals surface area contributed by atoms with Gasteiger partial charge in [-0.1, -0.05) is 11.3 Å². The zero-order valence-electron chi connectivity index (χ0n) is 17.9. The number of furan rings is 1. The number of aromatic nitrogens is 2. The lowest BCUT2D eigenvalue weighted by atomic mass is 10.1. The van der Waals surface area contributed by atoms with Crippen molar-refractivity contribution in [2.75, 3.05) is 13.1 Å². The maximum atomic E-state index is 11.9. The standard InChI is InChI=1S/C24H24N4O3S/c1-15(29)27-9-7-17-3-4-18(13-27)28(17)14-20-10-16-2-5-19(11-22(16)30-20)31-24-26-21-12-25-8-6-23(21)32-24/h2,5-6,8,10-12,17-18H,3-4,7,9,13-14H2,1H3. The minimum Gasteiger partial charge on any atom is -0.460 e. The minimum atomic E-state index is 0.179. The number of hydrogen-bond acceptors (Lipinski definition) is 7. The molecule has 2 atom stereocenters. The number of ether oxygens (including phenoxy) is 1. The van der Waals surface area contributed by atoms with Gasteiger partial charge >= 0.3 is 0 Å². The van der Waals surface area contributed by atoms with E-state index in [1.54, 1.807) is 19.3 Å². The van der Waals surface area contributed by atoms with Crippen LogP contribution in [0.5, 0.6) is 10.9 Å². The van der Waals surface area contributed by atoms with Crippen molar-refractivity contribution in [2.45, 2.75) is 44.8 Å². The molecule has 6 rings (SSSR count). The summed E-state index contributed by atoms with van der Waals surface area (Å²) in [4.78, 5) is 25.0. The van der Waals surface area contributed by atoms with Crippen molar-refractivity contribution in [3.05, 3.63) is 48.5 Å². The van der Waals surface area contributed by atoms with Crippen LogP contribution in [0.4, 0.5) is 0 Å². The van der Waals surface area contributed by atoms with Crippen LogP contribution in [0, 0.1) is 0 Å². The lowest BCUT2D eigenvalue weighted by Gasteiger charge is -2.27. The van der Waals surface area contributed by atoms with Crippen molar-refractivity contribution < 1.29 is 13.9 Å². The van der Waals surface area contributed by atoms with Crippen LogP contribution < -0.4 is 4.74 Å². The summed E-state index contributed by atoms with van der Waals surface area (Å²) >= 11 is 1.50. The fourth-order valence-electron chi connectivity index (χ4n) is 5.01. The third kappa shape index (κ3) is 3.63. The van der Waals surface area contributed by atoms with Crippen LogP contribution in [0.1, 0.15) is 31.9 Å². The molecule has 5 heterocycles. The maximum absolute atomic E-state index is 11.9. The van der Waals surface area contributed by atoms with Crippen LogP contribution in [-0.4, -0.2) is 50.8 Å². The van der Waals surface area contributed by atoms with Gasteiger partial charge in [0.2, 0.25) is 5.91 Å². The van der Waals surface area contributed by atoms with E-state index in [0.717, 1.165) is 59.4 Å². The van der Waals surface area contributed by atoms with E-state index >= 15 is 0 Å². The third-order valence-electron chi connectivity index (χ3n) is 6.64. The van der Waals surface area contributed by atoms with Crippen LogP contribution in [-0.2, 0) is 11.3 Å². The zero-order valence-corrected chi connectivity index (χ0v) is 18.7. The van der Waals surface area contributed by atoms with Gasteiger partial charge < -0.3 is 14.1 Å². The van der Waals surface area contributed by atoms with Gasteiger partial charge in [0, 0.05) is 49.7 Å². The van der Waals surface area contributed by atoms with Crippen LogP contribution in [0.3, 0.4) is 0 Å². The van der Waals surface area contributed by atoms with E-state index in [1.165, 1.54) is 17.8 Å². The first-order valence-corrected chi connectivity index (χ1v) is 11.9. The Morgan fingerprint density at radius 2 is 2.12 bits per heavy atom. The van der Waals surface area contributed by atoms with E-state index in [4.69, 9.17) is 9.15 Å². The van der Waals surface area contributed by atoms with Gasteiger partial charge in [0.25, 0.3) is 5.19 Å². The Bertz CT molecular complexity index is 1270. The van der Waals surface area contributed by atoms with Crippen molar-refractivity contribution in [3.8, 4) is 10.9 Å². The Kier molecular flexibility index (Phi) is 4.84. The lowest BCUT2D eigenvalue weighted by Crippen LogP contribution is -2.40. The summed E-state index contributed by atoms with van der Waals surface area (Å²) in [6.45, 7) is 4.13. The number of likely N-dealkylation sites (tertiary alicyclic amines) is 1. The molecule has 0 N–H and O–H groups in total. The van der Waals surface area contributed by atoms with Gasteiger partial charge in [-0.2, -0.15) is 0 Å².